The first-order valence-electron chi connectivity index (χ1n) is 4.84. The van der Waals surface area contributed by atoms with Crippen LogP contribution in [-0.4, -0.2) is 15.9 Å². The number of anilines is 1. The molecule has 6 heteroatoms. The van der Waals surface area contributed by atoms with Crippen LogP contribution in [0.15, 0.2) is 29.8 Å². The van der Waals surface area contributed by atoms with E-state index >= 15 is 0 Å². The number of nitro groups is 1. The maximum Gasteiger partial charge on any atom is 0.296 e. The lowest BCUT2D eigenvalue weighted by Gasteiger charge is -2.05. The number of hydrogen-bond donors (Lipinski definition) is 2. The van der Waals surface area contributed by atoms with E-state index in [2.05, 4.69) is 5.32 Å². The molecule has 1 amide bonds. The first kappa shape index (κ1) is 12.7. The zero-order chi connectivity index (χ0) is 13.0. The molecule has 0 heterocycles. The summed E-state index contributed by atoms with van der Waals surface area (Å²) in [5.41, 5.74) is 0.209. The van der Waals surface area contributed by atoms with Gasteiger partial charge in [0, 0.05) is 12.1 Å². The molecule has 0 bridgehead atoms. The highest BCUT2D eigenvalue weighted by Crippen LogP contribution is 2.32. The summed E-state index contributed by atoms with van der Waals surface area (Å²) in [6, 6.07) is 3.81. The van der Waals surface area contributed by atoms with Crippen LogP contribution in [0.2, 0.25) is 0 Å². The maximum atomic E-state index is 11.4. The largest absolute Gasteiger partial charge is 0.505 e. The number of amides is 1. The monoisotopic (exact) mass is 236 g/mol. The number of allylic oxidation sites excluding steroid dienone is 1. The number of nitrogens with one attached hydrogen (secondary N) is 1. The quantitative estimate of drug-likeness (QED) is 0.364. The van der Waals surface area contributed by atoms with Crippen LogP contribution in [-0.2, 0) is 4.79 Å². The van der Waals surface area contributed by atoms with Gasteiger partial charge in [-0.1, -0.05) is 11.6 Å². The van der Waals surface area contributed by atoms with Gasteiger partial charge in [-0.2, -0.15) is 0 Å². The Hall–Kier alpha value is -2.37. The minimum Gasteiger partial charge on any atom is -0.505 e. The van der Waals surface area contributed by atoms with E-state index in [4.69, 9.17) is 0 Å². The molecule has 0 saturated carbocycles. The summed E-state index contributed by atoms with van der Waals surface area (Å²) in [6.07, 6.45) is 1.29. The fourth-order valence-corrected chi connectivity index (χ4v) is 1.23. The number of rotatable bonds is 3. The maximum absolute atomic E-state index is 11.4. The van der Waals surface area contributed by atoms with Crippen molar-refractivity contribution in [3.63, 3.8) is 0 Å². The van der Waals surface area contributed by atoms with Crippen molar-refractivity contribution < 1.29 is 14.8 Å². The first-order valence-corrected chi connectivity index (χ1v) is 4.84. The summed E-state index contributed by atoms with van der Waals surface area (Å²) in [4.78, 5) is 21.5. The molecular weight excluding hydrogens is 224 g/mol. The number of nitro benzene ring substituents is 1. The number of carbonyl (C=O) groups is 1. The lowest BCUT2D eigenvalue weighted by atomic mass is 10.2. The van der Waals surface area contributed by atoms with Gasteiger partial charge in [-0.25, -0.2) is 0 Å². The molecule has 0 unspecified atom stereocenters. The Kier molecular flexibility index (Phi) is 3.82. The van der Waals surface area contributed by atoms with Crippen LogP contribution in [0.1, 0.15) is 13.8 Å². The van der Waals surface area contributed by atoms with Crippen molar-refractivity contribution in [1.29, 1.82) is 0 Å². The Balaban J connectivity index is 3.09. The number of nitrogens with zero attached hydrogens (tertiary/aromatic N) is 1. The summed E-state index contributed by atoms with van der Waals surface area (Å²) < 4.78 is 0. The number of phenolic OH excluding ortho intramolecular Hbond substituents is 1. The predicted octanol–water partition coefficient (Wildman–Crippen LogP) is 2.21. The molecule has 0 aliphatic heterocycles. The normalized spacial score (nSPS) is 9.53. The van der Waals surface area contributed by atoms with E-state index in [0.717, 1.165) is 5.57 Å². The number of phenols is 1. The third-order valence-corrected chi connectivity index (χ3v) is 1.89. The highest BCUT2D eigenvalue weighted by atomic mass is 16.6. The fourth-order valence-electron chi connectivity index (χ4n) is 1.23. The van der Waals surface area contributed by atoms with Gasteiger partial charge in [0.15, 0.2) is 5.69 Å². The van der Waals surface area contributed by atoms with Crippen molar-refractivity contribution in [3.05, 3.63) is 40.0 Å². The standard InChI is InChI=1S/C11H12N2O4/c1-7(2)6-10(15)12-11-8(13(16)17)4-3-5-9(11)14/h3-6,14H,1-2H3,(H,12,15). The lowest BCUT2D eigenvalue weighted by molar-refractivity contribution is -0.384. The second-order valence-corrected chi connectivity index (χ2v) is 3.64. The summed E-state index contributed by atoms with van der Waals surface area (Å²) in [6.45, 7) is 3.44. The van der Waals surface area contributed by atoms with E-state index in [1.165, 1.54) is 24.3 Å². The molecule has 0 aliphatic carbocycles. The van der Waals surface area contributed by atoms with Gasteiger partial charge < -0.3 is 10.4 Å². The molecule has 17 heavy (non-hydrogen) atoms. The molecule has 0 spiro atoms. The van der Waals surface area contributed by atoms with Gasteiger partial charge in [-0.05, 0) is 19.9 Å². The number of carbonyl (C=O) groups excluding carboxylic acids is 1. The minimum atomic E-state index is -0.669. The Morgan fingerprint density at radius 1 is 1.47 bits per heavy atom. The molecule has 1 rings (SSSR count). The summed E-state index contributed by atoms with van der Waals surface area (Å²) in [7, 11) is 0. The molecule has 0 fully saturated rings. The van der Waals surface area contributed by atoms with Crippen LogP contribution in [0.5, 0.6) is 5.75 Å². The van der Waals surface area contributed by atoms with Crippen LogP contribution in [0.4, 0.5) is 11.4 Å². The second kappa shape index (κ2) is 5.11. The molecule has 90 valence electrons. The van der Waals surface area contributed by atoms with Crippen LogP contribution in [0, 0.1) is 10.1 Å². The molecule has 0 atom stereocenters. The smallest absolute Gasteiger partial charge is 0.296 e. The second-order valence-electron chi connectivity index (χ2n) is 3.64. The number of aromatic hydroxyl groups is 1. The Labute approximate surface area is 97.7 Å². The molecule has 6 nitrogen and oxygen atoms in total. The molecular formula is C11H12N2O4. The minimum absolute atomic E-state index is 0.194. The van der Waals surface area contributed by atoms with Crippen molar-refractivity contribution in [1.82, 2.24) is 0 Å². The van der Waals surface area contributed by atoms with E-state index in [-0.39, 0.29) is 17.1 Å². The van der Waals surface area contributed by atoms with Crippen molar-refractivity contribution in [2.75, 3.05) is 5.32 Å². The van der Waals surface area contributed by atoms with E-state index in [9.17, 15) is 20.0 Å². The SMILES string of the molecule is CC(C)=CC(=O)Nc1c(O)cccc1[N+](=O)[O-]. The third kappa shape index (κ3) is 3.30. The number of para-hydroxylation sites is 1. The Morgan fingerprint density at radius 3 is 2.65 bits per heavy atom. The molecule has 0 aliphatic rings. The van der Waals surface area contributed by atoms with Crippen LogP contribution < -0.4 is 5.32 Å². The van der Waals surface area contributed by atoms with E-state index in [1.54, 1.807) is 13.8 Å². The molecule has 1 aromatic carbocycles. The highest BCUT2D eigenvalue weighted by Gasteiger charge is 2.18. The van der Waals surface area contributed by atoms with Gasteiger partial charge in [0.05, 0.1) is 4.92 Å². The van der Waals surface area contributed by atoms with Crippen molar-refractivity contribution in [2.24, 2.45) is 0 Å². The summed E-state index contributed by atoms with van der Waals surface area (Å²) in [5.74, 6) is -0.857. The van der Waals surface area contributed by atoms with Gasteiger partial charge in [-0.3, -0.25) is 14.9 Å². The van der Waals surface area contributed by atoms with Crippen molar-refractivity contribution in [2.45, 2.75) is 13.8 Å². The molecule has 0 aromatic heterocycles. The predicted molar refractivity (Wildman–Crippen MR) is 62.8 cm³/mol. The molecule has 1 aromatic rings. The van der Waals surface area contributed by atoms with Gasteiger partial charge in [0.2, 0.25) is 5.91 Å². The highest BCUT2D eigenvalue weighted by molar-refractivity contribution is 6.02. The topological polar surface area (TPSA) is 92.5 Å². The average Bonchev–Trinajstić information content (AvgIpc) is 2.19. The zero-order valence-corrected chi connectivity index (χ0v) is 9.43. The fraction of sp³-hybridized carbons (Fsp3) is 0.182. The van der Waals surface area contributed by atoms with Crippen molar-refractivity contribution >= 4 is 17.3 Å². The Morgan fingerprint density at radius 2 is 2.12 bits per heavy atom. The van der Waals surface area contributed by atoms with Gasteiger partial charge in [0.1, 0.15) is 5.75 Å². The van der Waals surface area contributed by atoms with Crippen molar-refractivity contribution in [3.8, 4) is 5.75 Å². The summed E-state index contributed by atoms with van der Waals surface area (Å²) >= 11 is 0. The molecule has 0 radical (unpaired) electrons. The number of benzene rings is 1. The van der Waals surface area contributed by atoms with Crippen LogP contribution >= 0.6 is 0 Å². The van der Waals surface area contributed by atoms with Gasteiger partial charge in [-0.15, -0.1) is 0 Å². The first-order chi connectivity index (χ1) is 7.91. The van der Waals surface area contributed by atoms with E-state index in [1.807, 2.05) is 0 Å². The van der Waals surface area contributed by atoms with E-state index < -0.39 is 10.8 Å². The Bertz CT molecular complexity index is 490. The van der Waals surface area contributed by atoms with E-state index in [0.29, 0.717) is 0 Å². The lowest BCUT2D eigenvalue weighted by Crippen LogP contribution is -2.10. The molecule has 0 saturated heterocycles. The van der Waals surface area contributed by atoms with Gasteiger partial charge >= 0.3 is 0 Å². The zero-order valence-electron chi connectivity index (χ0n) is 9.43. The molecule has 2 N–H and O–H groups in total. The average molecular weight is 236 g/mol. The van der Waals surface area contributed by atoms with Gasteiger partial charge in [0.25, 0.3) is 5.69 Å². The third-order valence-electron chi connectivity index (χ3n) is 1.89. The number of hydrogen-bond acceptors (Lipinski definition) is 4. The van der Waals surface area contributed by atoms with Crippen LogP contribution in [0.3, 0.4) is 0 Å². The summed E-state index contributed by atoms with van der Waals surface area (Å²) in [5, 5.41) is 22.5. The van der Waals surface area contributed by atoms with Crippen LogP contribution in [0.25, 0.3) is 0 Å².